The van der Waals surface area contributed by atoms with Gasteiger partial charge in [0, 0.05) is 18.3 Å². The Labute approximate surface area is 121 Å². The summed E-state index contributed by atoms with van der Waals surface area (Å²) in [6.07, 6.45) is -0.697. The summed E-state index contributed by atoms with van der Waals surface area (Å²) < 4.78 is 5.07. The minimum atomic E-state index is -0.697. The molecule has 0 aliphatic heterocycles. The van der Waals surface area contributed by atoms with Gasteiger partial charge in [-0.3, -0.25) is 0 Å². The Morgan fingerprint density at radius 1 is 1.45 bits per heavy atom. The monoisotopic (exact) mass is 292 g/mol. The third kappa shape index (κ3) is 3.97. The maximum atomic E-state index is 11.7. The fourth-order valence-corrected chi connectivity index (χ4v) is 2.35. The smallest absolute Gasteiger partial charge is 0.319 e. The molecule has 106 valence electrons. The van der Waals surface area contributed by atoms with E-state index in [4.69, 9.17) is 4.74 Å². The van der Waals surface area contributed by atoms with E-state index in [0.717, 1.165) is 5.56 Å². The van der Waals surface area contributed by atoms with E-state index in [9.17, 15) is 9.90 Å². The number of nitrogens with one attached hydrogen (secondary N) is 2. The molecule has 20 heavy (non-hydrogen) atoms. The number of methoxy groups -OCH3 is 1. The number of aliphatic hydroxyl groups is 1. The number of carbonyl (C=O) groups is 1. The summed E-state index contributed by atoms with van der Waals surface area (Å²) in [5.74, 6) is 0.668. The van der Waals surface area contributed by atoms with E-state index < -0.39 is 6.10 Å². The number of rotatable bonds is 5. The molecule has 2 rings (SSSR count). The molecule has 0 bridgehead atoms. The summed E-state index contributed by atoms with van der Waals surface area (Å²) in [4.78, 5) is 11.7. The standard InChI is InChI=1S/C14H16N2O3S/c1-19-12-4-2-3-11(7-12)16-14(18)15-8-13(17)10-5-6-20-9-10/h2-7,9,13,17H,8H2,1H3,(H2,15,16,18). The molecule has 5 nitrogen and oxygen atoms in total. The molecule has 2 aromatic rings. The summed E-state index contributed by atoms with van der Waals surface area (Å²) in [7, 11) is 1.57. The van der Waals surface area contributed by atoms with E-state index in [0.29, 0.717) is 11.4 Å². The van der Waals surface area contributed by atoms with Crippen LogP contribution in [0.2, 0.25) is 0 Å². The Bertz CT molecular complexity index is 557. The predicted molar refractivity (Wildman–Crippen MR) is 79.3 cm³/mol. The first-order valence-electron chi connectivity index (χ1n) is 6.08. The zero-order valence-electron chi connectivity index (χ0n) is 11.0. The number of urea groups is 1. The van der Waals surface area contributed by atoms with E-state index in [1.807, 2.05) is 16.8 Å². The van der Waals surface area contributed by atoms with Gasteiger partial charge in [-0.1, -0.05) is 6.07 Å². The van der Waals surface area contributed by atoms with Crippen molar-refractivity contribution in [1.29, 1.82) is 0 Å². The normalized spacial score (nSPS) is 11.7. The Kier molecular flexibility index (Phi) is 4.97. The van der Waals surface area contributed by atoms with Crippen molar-refractivity contribution in [3.8, 4) is 5.75 Å². The van der Waals surface area contributed by atoms with Crippen molar-refractivity contribution in [2.75, 3.05) is 19.0 Å². The maximum absolute atomic E-state index is 11.7. The molecule has 0 aliphatic rings. The van der Waals surface area contributed by atoms with Crippen molar-refractivity contribution in [3.05, 3.63) is 46.7 Å². The minimum Gasteiger partial charge on any atom is -0.497 e. The number of carbonyl (C=O) groups excluding carboxylic acids is 1. The number of hydrogen-bond acceptors (Lipinski definition) is 4. The van der Waals surface area contributed by atoms with Gasteiger partial charge in [0.15, 0.2) is 0 Å². The second-order valence-electron chi connectivity index (χ2n) is 4.14. The quantitative estimate of drug-likeness (QED) is 0.793. The van der Waals surface area contributed by atoms with Crippen LogP contribution in [0.4, 0.5) is 10.5 Å². The average Bonchev–Trinajstić information content (AvgIpc) is 2.99. The Hall–Kier alpha value is -2.05. The number of hydrogen-bond donors (Lipinski definition) is 3. The first-order chi connectivity index (χ1) is 9.69. The summed E-state index contributed by atoms with van der Waals surface area (Å²) in [5.41, 5.74) is 1.43. The van der Waals surface area contributed by atoms with Gasteiger partial charge in [-0.05, 0) is 34.5 Å². The van der Waals surface area contributed by atoms with Crippen LogP contribution < -0.4 is 15.4 Å². The second-order valence-corrected chi connectivity index (χ2v) is 4.92. The lowest BCUT2D eigenvalue weighted by atomic mass is 10.2. The number of amides is 2. The second kappa shape index (κ2) is 6.93. The van der Waals surface area contributed by atoms with Gasteiger partial charge < -0.3 is 20.5 Å². The van der Waals surface area contributed by atoms with E-state index >= 15 is 0 Å². The summed E-state index contributed by atoms with van der Waals surface area (Å²) in [6, 6.07) is 8.52. The van der Waals surface area contributed by atoms with Crippen LogP contribution in [0.25, 0.3) is 0 Å². The largest absolute Gasteiger partial charge is 0.497 e. The van der Waals surface area contributed by atoms with Gasteiger partial charge in [-0.25, -0.2) is 4.79 Å². The van der Waals surface area contributed by atoms with Crippen LogP contribution in [0, 0.1) is 0 Å². The fourth-order valence-electron chi connectivity index (χ4n) is 1.65. The molecule has 1 aromatic carbocycles. The van der Waals surface area contributed by atoms with Gasteiger partial charge in [0.25, 0.3) is 0 Å². The maximum Gasteiger partial charge on any atom is 0.319 e. The Balaban J connectivity index is 1.83. The van der Waals surface area contributed by atoms with Crippen LogP contribution in [-0.2, 0) is 0 Å². The molecule has 2 amide bonds. The highest BCUT2D eigenvalue weighted by atomic mass is 32.1. The highest BCUT2D eigenvalue weighted by Gasteiger charge is 2.09. The molecule has 6 heteroatoms. The van der Waals surface area contributed by atoms with Gasteiger partial charge in [0.2, 0.25) is 0 Å². The topological polar surface area (TPSA) is 70.6 Å². The Morgan fingerprint density at radius 2 is 2.30 bits per heavy atom. The lowest BCUT2D eigenvalue weighted by Gasteiger charge is -2.12. The van der Waals surface area contributed by atoms with Gasteiger partial charge in [-0.2, -0.15) is 11.3 Å². The molecule has 0 spiro atoms. The number of benzene rings is 1. The SMILES string of the molecule is COc1cccc(NC(=O)NCC(O)c2ccsc2)c1. The fraction of sp³-hybridized carbons (Fsp3) is 0.214. The van der Waals surface area contributed by atoms with E-state index in [2.05, 4.69) is 10.6 Å². The lowest BCUT2D eigenvalue weighted by Crippen LogP contribution is -2.32. The zero-order chi connectivity index (χ0) is 14.4. The van der Waals surface area contributed by atoms with Crippen molar-refractivity contribution in [2.45, 2.75) is 6.10 Å². The summed E-state index contributed by atoms with van der Waals surface area (Å²) in [6.45, 7) is 0.159. The van der Waals surface area contributed by atoms with Crippen LogP contribution in [0.3, 0.4) is 0 Å². The zero-order valence-corrected chi connectivity index (χ0v) is 11.8. The number of anilines is 1. The number of aliphatic hydroxyl groups excluding tert-OH is 1. The van der Waals surface area contributed by atoms with Crippen molar-refractivity contribution in [2.24, 2.45) is 0 Å². The molecule has 0 saturated carbocycles. The van der Waals surface area contributed by atoms with E-state index in [1.165, 1.54) is 11.3 Å². The minimum absolute atomic E-state index is 0.159. The molecule has 1 unspecified atom stereocenters. The Morgan fingerprint density at radius 3 is 3.00 bits per heavy atom. The molecule has 1 heterocycles. The molecule has 0 aliphatic carbocycles. The molecule has 0 fully saturated rings. The van der Waals surface area contributed by atoms with Crippen LogP contribution in [0.1, 0.15) is 11.7 Å². The van der Waals surface area contributed by atoms with Crippen molar-refractivity contribution < 1.29 is 14.6 Å². The van der Waals surface area contributed by atoms with E-state index in [-0.39, 0.29) is 12.6 Å². The molecular weight excluding hydrogens is 276 g/mol. The van der Waals surface area contributed by atoms with Crippen LogP contribution in [0.5, 0.6) is 5.75 Å². The molecule has 1 aromatic heterocycles. The first-order valence-corrected chi connectivity index (χ1v) is 7.02. The first kappa shape index (κ1) is 14.4. The van der Waals surface area contributed by atoms with Crippen LogP contribution in [0.15, 0.2) is 41.1 Å². The van der Waals surface area contributed by atoms with Gasteiger partial charge in [0.1, 0.15) is 5.75 Å². The van der Waals surface area contributed by atoms with Crippen LogP contribution >= 0.6 is 11.3 Å². The van der Waals surface area contributed by atoms with Gasteiger partial charge in [0.05, 0.1) is 13.2 Å². The van der Waals surface area contributed by atoms with Crippen molar-refractivity contribution in [1.82, 2.24) is 5.32 Å². The van der Waals surface area contributed by atoms with Crippen molar-refractivity contribution in [3.63, 3.8) is 0 Å². The third-order valence-corrected chi connectivity index (χ3v) is 3.41. The average molecular weight is 292 g/mol. The third-order valence-electron chi connectivity index (χ3n) is 2.71. The van der Waals surface area contributed by atoms with Crippen LogP contribution in [-0.4, -0.2) is 24.8 Å². The number of thiophene rings is 1. The molecule has 0 saturated heterocycles. The van der Waals surface area contributed by atoms with Crippen molar-refractivity contribution >= 4 is 23.1 Å². The molecule has 3 N–H and O–H groups in total. The van der Waals surface area contributed by atoms with E-state index in [1.54, 1.807) is 31.4 Å². The van der Waals surface area contributed by atoms with Gasteiger partial charge >= 0.3 is 6.03 Å². The summed E-state index contributed by atoms with van der Waals surface area (Å²) >= 11 is 1.51. The van der Waals surface area contributed by atoms with Gasteiger partial charge in [-0.15, -0.1) is 0 Å². The molecular formula is C14H16N2O3S. The highest BCUT2D eigenvalue weighted by molar-refractivity contribution is 7.07. The summed E-state index contributed by atoms with van der Waals surface area (Å²) in [5, 5.41) is 18.9. The number of ether oxygens (including phenoxy) is 1. The molecule has 0 radical (unpaired) electrons. The predicted octanol–water partition coefficient (Wildman–Crippen LogP) is 2.61. The lowest BCUT2D eigenvalue weighted by molar-refractivity contribution is 0.175. The highest BCUT2D eigenvalue weighted by Crippen LogP contribution is 2.17. The molecule has 1 atom stereocenters.